The lowest BCUT2D eigenvalue weighted by molar-refractivity contribution is 0.559. The van der Waals surface area contributed by atoms with Gasteiger partial charge in [-0.25, -0.2) is 8.42 Å². The van der Waals surface area contributed by atoms with Crippen LogP contribution >= 0.6 is 15.9 Å². The van der Waals surface area contributed by atoms with Crippen LogP contribution in [-0.4, -0.2) is 39.1 Å². The molecule has 1 aliphatic heterocycles. The zero-order valence-corrected chi connectivity index (χ0v) is 12.7. The maximum Gasteiger partial charge on any atom is 0.154 e. The van der Waals surface area contributed by atoms with E-state index < -0.39 is 9.84 Å². The van der Waals surface area contributed by atoms with Crippen LogP contribution in [0.2, 0.25) is 0 Å². The molecular formula is C12H17BrN2O2S. The van der Waals surface area contributed by atoms with Crippen LogP contribution in [0.1, 0.15) is 5.56 Å². The number of rotatable bonds is 2. The molecule has 1 unspecified atom stereocenters. The Balaban J connectivity index is 2.29. The minimum Gasteiger partial charge on any atom is -0.365 e. The van der Waals surface area contributed by atoms with E-state index in [-0.39, 0.29) is 17.5 Å². The summed E-state index contributed by atoms with van der Waals surface area (Å²) in [6.07, 6.45) is 0. The molecule has 1 aromatic carbocycles. The largest absolute Gasteiger partial charge is 0.365 e. The molecular weight excluding hydrogens is 316 g/mol. The molecule has 0 spiro atoms. The van der Waals surface area contributed by atoms with E-state index in [4.69, 9.17) is 5.73 Å². The Morgan fingerprint density at radius 2 is 2.22 bits per heavy atom. The summed E-state index contributed by atoms with van der Waals surface area (Å²) in [4.78, 5) is 2.10. The summed E-state index contributed by atoms with van der Waals surface area (Å²) < 4.78 is 24.3. The second-order valence-corrected chi connectivity index (χ2v) is 7.71. The van der Waals surface area contributed by atoms with Crippen LogP contribution in [0.4, 0.5) is 5.69 Å². The van der Waals surface area contributed by atoms with Crippen molar-refractivity contribution in [1.29, 1.82) is 0 Å². The molecule has 18 heavy (non-hydrogen) atoms. The average molecular weight is 333 g/mol. The van der Waals surface area contributed by atoms with Crippen molar-refractivity contribution in [3.8, 4) is 0 Å². The second kappa shape index (κ2) is 5.19. The van der Waals surface area contributed by atoms with E-state index in [2.05, 4.69) is 26.9 Å². The van der Waals surface area contributed by atoms with E-state index in [0.29, 0.717) is 13.1 Å². The first-order chi connectivity index (χ1) is 8.43. The molecule has 2 rings (SSSR count). The monoisotopic (exact) mass is 332 g/mol. The summed E-state index contributed by atoms with van der Waals surface area (Å²) in [5, 5.41) is 0. The summed E-state index contributed by atoms with van der Waals surface area (Å²) in [5.41, 5.74) is 7.88. The van der Waals surface area contributed by atoms with Gasteiger partial charge in [0.15, 0.2) is 9.84 Å². The number of nitrogens with two attached hydrogens (primary N) is 1. The molecule has 0 bridgehead atoms. The number of sulfone groups is 1. The van der Waals surface area contributed by atoms with Crippen molar-refractivity contribution in [2.75, 3.05) is 29.5 Å². The number of hydrogen-bond donors (Lipinski definition) is 1. The molecule has 0 aromatic heterocycles. The van der Waals surface area contributed by atoms with Crippen LogP contribution in [0.25, 0.3) is 0 Å². The summed E-state index contributed by atoms with van der Waals surface area (Å²) >= 11 is 3.46. The Labute approximate surface area is 116 Å². The Kier molecular flexibility index (Phi) is 3.99. The van der Waals surface area contributed by atoms with Crippen molar-refractivity contribution in [1.82, 2.24) is 0 Å². The quantitative estimate of drug-likeness (QED) is 0.887. The smallest absolute Gasteiger partial charge is 0.154 e. The highest BCUT2D eigenvalue weighted by Crippen LogP contribution is 2.26. The van der Waals surface area contributed by atoms with Crippen LogP contribution in [0.3, 0.4) is 0 Å². The summed E-state index contributed by atoms with van der Waals surface area (Å²) in [6.45, 7) is 2.89. The Bertz CT molecular complexity index is 545. The first kappa shape index (κ1) is 13.8. The van der Waals surface area contributed by atoms with Gasteiger partial charge in [-0.2, -0.15) is 0 Å². The fourth-order valence-corrected chi connectivity index (χ4v) is 4.02. The minimum atomic E-state index is -2.93. The standard InChI is InChI=1S/C12H17BrN2O2S/c1-9-6-10(2-3-12(9)13)15-4-5-18(16,17)8-11(15)7-14/h2-3,6,11H,4-5,7-8,14H2,1H3. The van der Waals surface area contributed by atoms with Crippen LogP contribution in [0.15, 0.2) is 22.7 Å². The fourth-order valence-electron chi connectivity index (χ4n) is 2.23. The molecule has 0 saturated carbocycles. The number of aryl methyl sites for hydroxylation is 1. The molecule has 100 valence electrons. The maximum atomic E-state index is 11.6. The van der Waals surface area contributed by atoms with Gasteiger partial charge in [0.05, 0.1) is 17.5 Å². The van der Waals surface area contributed by atoms with Crippen LogP contribution in [0, 0.1) is 6.92 Å². The lowest BCUT2D eigenvalue weighted by Gasteiger charge is -2.36. The van der Waals surface area contributed by atoms with Gasteiger partial charge in [-0.15, -0.1) is 0 Å². The zero-order valence-electron chi connectivity index (χ0n) is 10.3. The average Bonchev–Trinajstić information content (AvgIpc) is 2.32. The van der Waals surface area contributed by atoms with Crippen molar-refractivity contribution in [3.05, 3.63) is 28.2 Å². The third kappa shape index (κ3) is 2.87. The molecule has 0 amide bonds. The first-order valence-corrected chi connectivity index (χ1v) is 8.47. The van der Waals surface area contributed by atoms with Gasteiger partial charge in [0.2, 0.25) is 0 Å². The second-order valence-electron chi connectivity index (χ2n) is 4.63. The number of benzene rings is 1. The summed E-state index contributed by atoms with van der Waals surface area (Å²) in [5.74, 6) is 0.358. The van der Waals surface area contributed by atoms with Gasteiger partial charge in [0.25, 0.3) is 0 Å². The normalized spacial score (nSPS) is 23.1. The molecule has 1 heterocycles. The molecule has 1 aliphatic rings. The molecule has 1 fully saturated rings. The first-order valence-electron chi connectivity index (χ1n) is 5.86. The molecule has 6 heteroatoms. The molecule has 4 nitrogen and oxygen atoms in total. The van der Waals surface area contributed by atoms with Gasteiger partial charge in [-0.3, -0.25) is 0 Å². The third-order valence-electron chi connectivity index (χ3n) is 3.28. The van der Waals surface area contributed by atoms with E-state index in [9.17, 15) is 8.42 Å². The lowest BCUT2D eigenvalue weighted by atomic mass is 10.1. The summed E-state index contributed by atoms with van der Waals surface area (Å²) in [7, 11) is -2.93. The van der Waals surface area contributed by atoms with Crippen molar-refractivity contribution in [2.24, 2.45) is 5.73 Å². The Morgan fingerprint density at radius 1 is 1.50 bits per heavy atom. The van der Waals surface area contributed by atoms with Gasteiger partial charge in [0, 0.05) is 23.2 Å². The molecule has 0 radical (unpaired) electrons. The van der Waals surface area contributed by atoms with E-state index in [0.717, 1.165) is 15.7 Å². The zero-order chi connectivity index (χ0) is 13.3. The van der Waals surface area contributed by atoms with Gasteiger partial charge in [-0.05, 0) is 30.7 Å². The highest BCUT2D eigenvalue weighted by molar-refractivity contribution is 9.10. The van der Waals surface area contributed by atoms with Crippen LogP contribution in [0.5, 0.6) is 0 Å². The van der Waals surface area contributed by atoms with Gasteiger partial charge < -0.3 is 10.6 Å². The van der Waals surface area contributed by atoms with E-state index >= 15 is 0 Å². The van der Waals surface area contributed by atoms with Crippen molar-refractivity contribution >= 4 is 31.5 Å². The van der Waals surface area contributed by atoms with Crippen molar-refractivity contribution in [2.45, 2.75) is 13.0 Å². The Morgan fingerprint density at radius 3 is 2.83 bits per heavy atom. The van der Waals surface area contributed by atoms with Gasteiger partial charge >= 0.3 is 0 Å². The molecule has 1 saturated heterocycles. The number of hydrogen-bond acceptors (Lipinski definition) is 4. The highest BCUT2D eigenvalue weighted by atomic mass is 79.9. The van der Waals surface area contributed by atoms with E-state index in [1.165, 1.54) is 0 Å². The number of anilines is 1. The summed E-state index contributed by atoms with van der Waals surface area (Å²) in [6, 6.07) is 5.92. The van der Waals surface area contributed by atoms with Crippen molar-refractivity contribution < 1.29 is 8.42 Å². The predicted octanol–water partition coefficient (Wildman–Crippen LogP) is 1.32. The molecule has 1 aromatic rings. The van der Waals surface area contributed by atoms with Gasteiger partial charge in [0.1, 0.15) is 0 Å². The van der Waals surface area contributed by atoms with Crippen LogP contribution < -0.4 is 10.6 Å². The minimum absolute atomic E-state index is 0.121. The number of nitrogens with zero attached hydrogens (tertiary/aromatic N) is 1. The topological polar surface area (TPSA) is 63.4 Å². The van der Waals surface area contributed by atoms with E-state index in [1.807, 2.05) is 19.1 Å². The fraction of sp³-hybridized carbons (Fsp3) is 0.500. The Hall–Kier alpha value is -0.590. The van der Waals surface area contributed by atoms with Gasteiger partial charge in [-0.1, -0.05) is 15.9 Å². The van der Waals surface area contributed by atoms with Crippen molar-refractivity contribution in [3.63, 3.8) is 0 Å². The highest BCUT2D eigenvalue weighted by Gasteiger charge is 2.30. The predicted molar refractivity (Wildman–Crippen MR) is 77.7 cm³/mol. The lowest BCUT2D eigenvalue weighted by Crippen LogP contribution is -2.52. The molecule has 0 aliphatic carbocycles. The molecule has 1 atom stereocenters. The SMILES string of the molecule is Cc1cc(N2CCS(=O)(=O)CC2CN)ccc1Br. The molecule has 2 N–H and O–H groups in total. The third-order valence-corrected chi connectivity index (χ3v) is 5.86. The number of halogens is 1. The maximum absolute atomic E-state index is 11.6. The van der Waals surface area contributed by atoms with E-state index in [1.54, 1.807) is 0 Å². The van der Waals surface area contributed by atoms with Crippen LogP contribution in [-0.2, 0) is 9.84 Å².